The van der Waals surface area contributed by atoms with Gasteiger partial charge in [-0.2, -0.15) is 11.8 Å². The normalized spacial score (nSPS) is 35.0. The molecule has 1 spiro atoms. The van der Waals surface area contributed by atoms with E-state index in [4.69, 9.17) is 14.6 Å². The fraction of sp³-hybridized carbons (Fsp3) is 0.929. The lowest BCUT2D eigenvalue weighted by Gasteiger charge is -2.47. The number of thioether (sulfide) groups is 1. The molecule has 0 aromatic rings. The maximum absolute atomic E-state index is 11.1. The van der Waals surface area contributed by atoms with Crippen molar-refractivity contribution in [1.82, 2.24) is 4.90 Å². The summed E-state index contributed by atoms with van der Waals surface area (Å²) in [4.78, 5) is 13.4. The molecule has 5 nitrogen and oxygen atoms in total. The molecule has 3 aliphatic rings. The summed E-state index contributed by atoms with van der Waals surface area (Å²) in [5, 5.41) is 9.12. The Morgan fingerprint density at radius 1 is 1.30 bits per heavy atom. The molecule has 20 heavy (non-hydrogen) atoms. The van der Waals surface area contributed by atoms with Crippen molar-refractivity contribution in [3.8, 4) is 0 Å². The van der Waals surface area contributed by atoms with Crippen molar-refractivity contribution in [2.45, 2.75) is 43.4 Å². The zero-order valence-electron chi connectivity index (χ0n) is 11.8. The second kappa shape index (κ2) is 6.22. The SMILES string of the molecule is O=C(O)C1CN(C2CCOC3(CCSCC3)C2)CCO1. The Labute approximate surface area is 124 Å². The average Bonchev–Trinajstić information content (AvgIpc) is 2.48. The predicted octanol–water partition coefficient (Wildman–Crippen LogP) is 1.22. The number of carboxylic acid groups (broad SMARTS) is 1. The van der Waals surface area contributed by atoms with E-state index in [2.05, 4.69) is 4.90 Å². The lowest BCUT2D eigenvalue weighted by Crippen LogP contribution is -2.55. The van der Waals surface area contributed by atoms with Crippen LogP contribution in [0.1, 0.15) is 25.7 Å². The molecule has 0 bridgehead atoms. The van der Waals surface area contributed by atoms with Gasteiger partial charge in [-0.15, -0.1) is 0 Å². The third-order valence-electron chi connectivity index (χ3n) is 4.76. The Kier molecular flexibility index (Phi) is 4.55. The minimum absolute atomic E-state index is 0.0607. The number of rotatable bonds is 2. The summed E-state index contributed by atoms with van der Waals surface area (Å²) in [5.74, 6) is 1.53. The van der Waals surface area contributed by atoms with Gasteiger partial charge in [0.1, 0.15) is 0 Å². The van der Waals surface area contributed by atoms with Gasteiger partial charge in [0.15, 0.2) is 6.10 Å². The van der Waals surface area contributed by atoms with Crippen molar-refractivity contribution >= 4 is 17.7 Å². The third kappa shape index (κ3) is 3.13. The van der Waals surface area contributed by atoms with Crippen LogP contribution < -0.4 is 0 Å². The summed E-state index contributed by atoms with van der Waals surface area (Å²) in [7, 11) is 0. The van der Waals surface area contributed by atoms with Crippen LogP contribution in [0.2, 0.25) is 0 Å². The van der Waals surface area contributed by atoms with Crippen LogP contribution in [0.4, 0.5) is 0 Å². The molecular weight excluding hydrogens is 278 g/mol. The predicted molar refractivity (Wildman–Crippen MR) is 77.2 cm³/mol. The number of carbonyl (C=O) groups is 1. The summed E-state index contributed by atoms with van der Waals surface area (Å²) in [6.45, 7) is 2.70. The van der Waals surface area contributed by atoms with E-state index in [1.165, 1.54) is 11.5 Å². The molecule has 1 N–H and O–H groups in total. The second-order valence-corrected chi connectivity index (χ2v) is 7.21. The van der Waals surface area contributed by atoms with Gasteiger partial charge in [0.2, 0.25) is 0 Å². The average molecular weight is 301 g/mol. The first-order valence-electron chi connectivity index (χ1n) is 7.49. The molecule has 0 amide bonds. The van der Waals surface area contributed by atoms with Gasteiger partial charge >= 0.3 is 5.97 Å². The van der Waals surface area contributed by atoms with Crippen LogP contribution in [0.15, 0.2) is 0 Å². The van der Waals surface area contributed by atoms with Crippen LogP contribution >= 0.6 is 11.8 Å². The molecule has 2 atom stereocenters. The van der Waals surface area contributed by atoms with E-state index in [0.717, 1.165) is 38.8 Å². The third-order valence-corrected chi connectivity index (χ3v) is 5.75. The zero-order chi connectivity index (χ0) is 14.0. The van der Waals surface area contributed by atoms with E-state index in [0.29, 0.717) is 19.2 Å². The highest BCUT2D eigenvalue weighted by atomic mass is 32.2. The van der Waals surface area contributed by atoms with Gasteiger partial charge in [-0.3, -0.25) is 4.90 Å². The van der Waals surface area contributed by atoms with Crippen molar-refractivity contribution in [2.75, 3.05) is 37.8 Å². The lowest BCUT2D eigenvalue weighted by atomic mass is 9.84. The van der Waals surface area contributed by atoms with Crippen molar-refractivity contribution in [2.24, 2.45) is 0 Å². The van der Waals surface area contributed by atoms with E-state index < -0.39 is 12.1 Å². The summed E-state index contributed by atoms with van der Waals surface area (Å²) in [6, 6.07) is 0.456. The standard InChI is InChI=1S/C14H23NO4S/c16-13(17)12-10-15(4-6-18-12)11-1-5-19-14(9-11)2-7-20-8-3-14/h11-12H,1-10H2,(H,16,17). The van der Waals surface area contributed by atoms with Gasteiger partial charge in [0.05, 0.1) is 12.2 Å². The fourth-order valence-electron chi connectivity index (χ4n) is 3.56. The van der Waals surface area contributed by atoms with Gasteiger partial charge in [-0.25, -0.2) is 4.79 Å². The quantitative estimate of drug-likeness (QED) is 0.827. The molecule has 114 valence electrons. The van der Waals surface area contributed by atoms with Gasteiger partial charge in [0, 0.05) is 25.7 Å². The maximum Gasteiger partial charge on any atom is 0.334 e. The summed E-state index contributed by atoms with van der Waals surface area (Å²) in [5.41, 5.74) is 0.0607. The highest BCUT2D eigenvalue weighted by Crippen LogP contribution is 2.39. The van der Waals surface area contributed by atoms with Crippen LogP contribution in [-0.2, 0) is 14.3 Å². The molecule has 0 saturated carbocycles. The molecule has 3 fully saturated rings. The molecule has 2 unspecified atom stereocenters. The molecule has 3 heterocycles. The highest BCUT2D eigenvalue weighted by Gasteiger charge is 2.41. The van der Waals surface area contributed by atoms with Crippen LogP contribution in [0.25, 0.3) is 0 Å². The lowest BCUT2D eigenvalue weighted by molar-refractivity contribution is -0.161. The van der Waals surface area contributed by atoms with Crippen molar-refractivity contribution in [1.29, 1.82) is 0 Å². The molecule has 0 aromatic heterocycles. The Bertz CT molecular complexity index is 354. The first-order chi connectivity index (χ1) is 9.69. The first kappa shape index (κ1) is 14.6. The number of carboxylic acids is 1. The second-order valence-electron chi connectivity index (χ2n) is 5.98. The van der Waals surface area contributed by atoms with Gasteiger partial charge in [0.25, 0.3) is 0 Å². The number of hydrogen-bond acceptors (Lipinski definition) is 5. The van der Waals surface area contributed by atoms with Gasteiger partial charge < -0.3 is 14.6 Å². The fourth-order valence-corrected chi connectivity index (χ4v) is 4.79. The molecule has 3 aliphatic heterocycles. The minimum atomic E-state index is -0.842. The molecule has 6 heteroatoms. The van der Waals surface area contributed by atoms with Crippen molar-refractivity contribution in [3.05, 3.63) is 0 Å². The summed E-state index contributed by atoms with van der Waals surface area (Å²) in [6.07, 6.45) is 3.69. The van der Waals surface area contributed by atoms with Crippen LogP contribution in [0.5, 0.6) is 0 Å². The number of nitrogens with zero attached hydrogens (tertiary/aromatic N) is 1. The Morgan fingerprint density at radius 2 is 2.10 bits per heavy atom. The molecule has 3 rings (SSSR count). The zero-order valence-corrected chi connectivity index (χ0v) is 12.6. The Morgan fingerprint density at radius 3 is 2.85 bits per heavy atom. The number of morpholine rings is 1. The summed E-state index contributed by atoms with van der Waals surface area (Å²) < 4.78 is 11.4. The largest absolute Gasteiger partial charge is 0.479 e. The Hall–Kier alpha value is -0.300. The van der Waals surface area contributed by atoms with Gasteiger partial charge in [-0.1, -0.05) is 0 Å². The Balaban J connectivity index is 1.62. The molecule has 0 aromatic carbocycles. The summed E-state index contributed by atoms with van der Waals surface area (Å²) >= 11 is 2.01. The van der Waals surface area contributed by atoms with E-state index in [1.807, 2.05) is 11.8 Å². The first-order valence-corrected chi connectivity index (χ1v) is 8.64. The monoisotopic (exact) mass is 301 g/mol. The van der Waals surface area contributed by atoms with E-state index >= 15 is 0 Å². The molecule has 3 saturated heterocycles. The van der Waals surface area contributed by atoms with Gasteiger partial charge in [-0.05, 0) is 37.2 Å². The number of ether oxygens (including phenoxy) is 2. The van der Waals surface area contributed by atoms with Crippen LogP contribution in [0.3, 0.4) is 0 Å². The number of hydrogen-bond donors (Lipinski definition) is 1. The van der Waals surface area contributed by atoms with E-state index in [9.17, 15) is 4.79 Å². The van der Waals surface area contributed by atoms with Crippen molar-refractivity contribution in [3.63, 3.8) is 0 Å². The van der Waals surface area contributed by atoms with E-state index in [-0.39, 0.29) is 5.60 Å². The molecular formula is C14H23NO4S. The highest BCUT2D eigenvalue weighted by molar-refractivity contribution is 7.99. The topological polar surface area (TPSA) is 59.0 Å². The van der Waals surface area contributed by atoms with Crippen molar-refractivity contribution < 1.29 is 19.4 Å². The van der Waals surface area contributed by atoms with Crippen LogP contribution in [0, 0.1) is 0 Å². The number of aliphatic carboxylic acids is 1. The molecule has 0 aliphatic carbocycles. The van der Waals surface area contributed by atoms with E-state index in [1.54, 1.807) is 0 Å². The van der Waals surface area contributed by atoms with Crippen LogP contribution in [-0.4, -0.2) is 71.5 Å². The maximum atomic E-state index is 11.1. The minimum Gasteiger partial charge on any atom is -0.479 e. The smallest absolute Gasteiger partial charge is 0.334 e. The molecule has 0 radical (unpaired) electrons.